The third-order valence-corrected chi connectivity index (χ3v) is 14.9. The van der Waals surface area contributed by atoms with Gasteiger partial charge in [-0.05, 0) is 75.0 Å². The van der Waals surface area contributed by atoms with E-state index < -0.39 is 0 Å². The van der Waals surface area contributed by atoms with Gasteiger partial charge < -0.3 is 64.7 Å². The Morgan fingerprint density at radius 2 is 0.672 bits per heavy atom. The van der Waals surface area contributed by atoms with Crippen molar-refractivity contribution in [2.24, 2.45) is 58.8 Å². The number of nitrogens with one attached hydrogen (secondary N) is 2. The zero-order valence-electron chi connectivity index (χ0n) is 40.2. The average Bonchev–Trinajstić information content (AvgIpc) is 3.34. The van der Waals surface area contributed by atoms with Crippen molar-refractivity contribution in [2.45, 2.75) is 76.3 Å². The number of nitrogens with zero attached hydrogens (tertiary/aromatic N) is 2. The lowest BCUT2D eigenvalue weighted by Crippen LogP contribution is -2.62. The van der Waals surface area contributed by atoms with E-state index >= 15 is 0 Å². The number of likely N-dealkylation sites (tertiary alicyclic amines) is 2. The highest BCUT2D eigenvalue weighted by Gasteiger charge is 2.56. The van der Waals surface area contributed by atoms with Gasteiger partial charge in [-0.25, -0.2) is 0 Å². The molecular weight excluding hydrogens is 869 g/mol. The van der Waals surface area contributed by atoms with Gasteiger partial charge in [-0.2, -0.15) is 0 Å². The minimum absolute atomic E-state index is 0.0428. The standard InChI is InChI=1S/C48H84N6O13/c49-11-17-59-23-29-65-31-25-61-19-13-51-41-9-7-39-43-35(41)3-1-5-37(43)45(55)53(47(39)57)15-21-63-27-33-67-34-28-64-22-16-54-46(56)38-6-2-4-36-42(10-8-40(44(36)38)48(54)58)52-14-20-62-26-32-66-30-24-60-18-12-50/h35-44,51-52H,1-34,49-50H2. The number of hydrogen-bond donors (Lipinski definition) is 4. The molecule has 0 radical (unpaired) electrons. The lowest BCUT2D eigenvalue weighted by atomic mass is 9.57. The van der Waals surface area contributed by atoms with Crippen LogP contribution >= 0.6 is 0 Å². The maximum Gasteiger partial charge on any atom is 0.232 e. The van der Waals surface area contributed by atoms with Gasteiger partial charge in [0.2, 0.25) is 23.6 Å². The normalized spacial score (nSPS) is 29.4. The van der Waals surface area contributed by atoms with E-state index in [9.17, 15) is 19.2 Å². The molecule has 0 aromatic carbocycles. The second-order valence-corrected chi connectivity index (χ2v) is 18.8. The van der Waals surface area contributed by atoms with Crippen LogP contribution in [0, 0.1) is 47.3 Å². The highest BCUT2D eigenvalue weighted by molar-refractivity contribution is 6.01. The first-order valence-electron chi connectivity index (χ1n) is 25.7. The van der Waals surface area contributed by atoms with Crippen molar-refractivity contribution in [3.63, 3.8) is 0 Å². The molecule has 19 heteroatoms. The molecule has 2 heterocycles. The van der Waals surface area contributed by atoms with E-state index in [-0.39, 0.29) is 97.5 Å². The Kier molecular flexibility index (Phi) is 24.6. The fourth-order valence-electron chi connectivity index (χ4n) is 12.0. The van der Waals surface area contributed by atoms with E-state index in [0.717, 1.165) is 77.3 Å². The van der Waals surface area contributed by atoms with Crippen LogP contribution in [-0.4, -0.2) is 204 Å². The fraction of sp³-hybridized carbons (Fsp3) is 0.917. The van der Waals surface area contributed by atoms with Crippen molar-refractivity contribution in [2.75, 3.05) is 158 Å². The van der Waals surface area contributed by atoms with Crippen LogP contribution < -0.4 is 22.1 Å². The van der Waals surface area contributed by atoms with Crippen molar-refractivity contribution >= 4 is 23.6 Å². The highest BCUT2D eigenvalue weighted by Crippen LogP contribution is 2.52. The number of carbonyl (C=O) groups excluding carboxylic acids is 4. The van der Waals surface area contributed by atoms with Crippen LogP contribution in [0.4, 0.5) is 0 Å². The Labute approximate surface area is 398 Å². The summed E-state index contributed by atoms with van der Waals surface area (Å²) >= 11 is 0. The van der Waals surface area contributed by atoms with Gasteiger partial charge in [0.15, 0.2) is 0 Å². The summed E-state index contributed by atoms with van der Waals surface area (Å²) in [4.78, 5) is 57.7. The van der Waals surface area contributed by atoms with E-state index in [0.29, 0.717) is 131 Å². The van der Waals surface area contributed by atoms with E-state index in [1.165, 1.54) is 9.80 Å². The molecule has 0 aromatic heterocycles. The number of ether oxygens (including phenoxy) is 9. The van der Waals surface area contributed by atoms with Crippen molar-refractivity contribution in [1.29, 1.82) is 0 Å². The van der Waals surface area contributed by atoms with Crippen LogP contribution in [0.2, 0.25) is 0 Å². The Morgan fingerprint density at radius 3 is 1.01 bits per heavy atom. The number of amides is 4. The molecule has 0 spiro atoms. The topological polar surface area (TPSA) is 234 Å². The summed E-state index contributed by atoms with van der Waals surface area (Å²) in [6.45, 7) is 11.3. The fourth-order valence-corrected chi connectivity index (χ4v) is 12.0. The molecule has 19 nitrogen and oxygen atoms in total. The Hall–Kier alpha value is -2.24. The summed E-state index contributed by atoms with van der Waals surface area (Å²) in [5.41, 5.74) is 10.8. The van der Waals surface area contributed by atoms with Crippen molar-refractivity contribution < 1.29 is 61.8 Å². The summed E-state index contributed by atoms with van der Waals surface area (Å²) < 4.78 is 50.5. The Balaban J connectivity index is 0.786. The van der Waals surface area contributed by atoms with Gasteiger partial charge in [0.05, 0.1) is 132 Å². The molecule has 6 fully saturated rings. The van der Waals surface area contributed by atoms with Gasteiger partial charge in [0.1, 0.15) is 0 Å². The first kappa shape index (κ1) is 54.1. The van der Waals surface area contributed by atoms with Gasteiger partial charge >= 0.3 is 0 Å². The second kappa shape index (κ2) is 30.5. The lowest BCUT2D eigenvalue weighted by Gasteiger charge is -2.53. The summed E-state index contributed by atoms with van der Waals surface area (Å²) in [5.74, 6) is 0.176. The van der Waals surface area contributed by atoms with E-state index in [2.05, 4.69) is 10.6 Å². The smallest absolute Gasteiger partial charge is 0.232 e. The molecule has 10 unspecified atom stereocenters. The van der Waals surface area contributed by atoms with Crippen molar-refractivity contribution in [1.82, 2.24) is 20.4 Å². The van der Waals surface area contributed by atoms with E-state index in [4.69, 9.17) is 54.1 Å². The quantitative estimate of drug-likeness (QED) is 0.0497. The van der Waals surface area contributed by atoms with Crippen LogP contribution in [0.1, 0.15) is 64.2 Å². The van der Waals surface area contributed by atoms with Crippen LogP contribution in [0.3, 0.4) is 0 Å². The molecule has 0 bridgehead atoms. The van der Waals surface area contributed by atoms with E-state index in [1.807, 2.05) is 0 Å². The predicted molar refractivity (Wildman–Crippen MR) is 247 cm³/mol. The number of nitrogens with two attached hydrogens (primary N) is 2. The molecule has 2 aliphatic heterocycles. The Morgan fingerprint density at radius 1 is 0.373 bits per heavy atom. The SMILES string of the molecule is NCCOCCOCCOCCNC1CCC2C(=O)N(CCOCCOCCOCCN3C(=O)C4CCCC5C(NCCOCCOCCOCCN)CCC(C3=O)C45)C(=O)C3CCCC1C32. The summed E-state index contributed by atoms with van der Waals surface area (Å²) in [5, 5.41) is 7.37. The molecule has 67 heavy (non-hydrogen) atoms. The van der Waals surface area contributed by atoms with Crippen molar-refractivity contribution in [3.8, 4) is 0 Å². The third kappa shape index (κ3) is 15.9. The second-order valence-electron chi connectivity index (χ2n) is 18.8. The summed E-state index contributed by atoms with van der Waals surface area (Å²) in [7, 11) is 0. The zero-order chi connectivity index (χ0) is 47.1. The molecule has 4 amide bonds. The largest absolute Gasteiger partial charge is 0.378 e. The Bertz CT molecular complexity index is 1330. The van der Waals surface area contributed by atoms with Crippen LogP contribution in [-0.2, 0) is 61.8 Å². The number of hydrogen-bond acceptors (Lipinski definition) is 17. The first-order chi connectivity index (χ1) is 33.0. The molecule has 4 aliphatic carbocycles. The molecule has 384 valence electrons. The van der Waals surface area contributed by atoms with Crippen molar-refractivity contribution in [3.05, 3.63) is 0 Å². The van der Waals surface area contributed by atoms with Gasteiger partial charge in [-0.15, -0.1) is 0 Å². The molecule has 6 N–H and O–H groups in total. The van der Waals surface area contributed by atoms with Crippen LogP contribution in [0.25, 0.3) is 0 Å². The zero-order valence-corrected chi connectivity index (χ0v) is 40.2. The molecular formula is C48H84N6O13. The minimum atomic E-state index is -0.116. The van der Waals surface area contributed by atoms with Crippen LogP contribution in [0.5, 0.6) is 0 Å². The molecule has 6 rings (SSSR count). The average molecular weight is 953 g/mol. The van der Waals surface area contributed by atoms with Gasteiger partial charge in [-0.3, -0.25) is 29.0 Å². The molecule has 2 saturated heterocycles. The number of carbonyl (C=O) groups is 4. The number of imide groups is 2. The minimum Gasteiger partial charge on any atom is -0.378 e. The molecule has 0 aromatic rings. The monoisotopic (exact) mass is 953 g/mol. The number of piperidine rings is 2. The maximum absolute atomic E-state index is 13.7. The molecule has 10 atom stereocenters. The van der Waals surface area contributed by atoms with Crippen LogP contribution in [0.15, 0.2) is 0 Å². The summed E-state index contributed by atoms with van der Waals surface area (Å²) in [6.07, 6.45) is 9.10. The molecule has 4 saturated carbocycles. The molecule has 6 aliphatic rings. The first-order valence-corrected chi connectivity index (χ1v) is 25.7. The third-order valence-electron chi connectivity index (χ3n) is 14.9. The highest BCUT2D eigenvalue weighted by atomic mass is 16.6. The number of rotatable bonds is 36. The maximum atomic E-state index is 13.7. The lowest BCUT2D eigenvalue weighted by molar-refractivity contribution is -0.169. The summed E-state index contributed by atoms with van der Waals surface area (Å²) in [6, 6.07) is 0.561. The predicted octanol–water partition coefficient (Wildman–Crippen LogP) is 0.592. The van der Waals surface area contributed by atoms with Gasteiger partial charge in [0.25, 0.3) is 0 Å². The van der Waals surface area contributed by atoms with Gasteiger partial charge in [-0.1, -0.05) is 12.8 Å². The van der Waals surface area contributed by atoms with Gasteiger partial charge in [0, 0.05) is 61.9 Å². The van der Waals surface area contributed by atoms with E-state index in [1.54, 1.807) is 0 Å².